The molecule has 0 spiro atoms. The summed E-state index contributed by atoms with van der Waals surface area (Å²) in [5.41, 5.74) is 10.3. The van der Waals surface area contributed by atoms with Gasteiger partial charge < -0.3 is 20.7 Å². The minimum Gasteiger partial charge on any atom is -0.480 e. The Hall–Kier alpha value is -4.31. The molecular weight excluding hydrogens is 497 g/mol. The molecule has 1 unspecified atom stereocenters. The molecule has 1 saturated carbocycles. The number of nitrogens with zero attached hydrogens (tertiary/aromatic N) is 5. The summed E-state index contributed by atoms with van der Waals surface area (Å²) in [5.74, 6) is -0.680. The lowest BCUT2D eigenvalue weighted by molar-refractivity contribution is -0.139. The lowest BCUT2D eigenvalue weighted by atomic mass is 9.91. The molecule has 3 aromatic heterocycles. The number of fused-ring (bicyclic) bond motifs is 2. The molecule has 1 aliphatic rings. The number of benzene rings is 2. The van der Waals surface area contributed by atoms with Crippen LogP contribution < -0.4 is 11.1 Å². The van der Waals surface area contributed by atoms with E-state index in [1.165, 1.54) is 12.4 Å². The number of nitrogens with one attached hydrogen (secondary N) is 1. The maximum Gasteiger partial charge on any atom is 0.320 e. The first-order valence-corrected chi connectivity index (χ1v) is 13.2. The van der Waals surface area contributed by atoms with Crippen molar-refractivity contribution in [1.29, 1.82) is 0 Å². The van der Waals surface area contributed by atoms with Crippen molar-refractivity contribution in [3.63, 3.8) is 0 Å². The van der Waals surface area contributed by atoms with Crippen LogP contribution in [0.2, 0.25) is 0 Å². The number of aliphatic carboxylic acids is 1. The smallest absolute Gasteiger partial charge is 0.320 e. The van der Waals surface area contributed by atoms with E-state index in [0.29, 0.717) is 23.6 Å². The molecule has 4 N–H and O–H groups in total. The van der Waals surface area contributed by atoms with Crippen LogP contribution in [-0.4, -0.2) is 47.5 Å². The second-order valence-corrected chi connectivity index (χ2v) is 10.3. The third-order valence-electron chi connectivity index (χ3n) is 7.76. The fraction of sp³-hybridized carbons (Fsp3) is 0.310. The second kappa shape index (κ2) is 10.1. The van der Waals surface area contributed by atoms with E-state index in [0.717, 1.165) is 53.2 Å². The quantitative estimate of drug-likeness (QED) is 0.279. The summed E-state index contributed by atoms with van der Waals surface area (Å²) in [6, 6.07) is 14.6. The maximum absolute atomic E-state index is 14.2. The van der Waals surface area contributed by atoms with Gasteiger partial charge in [0.05, 0.1) is 18.0 Å². The van der Waals surface area contributed by atoms with E-state index in [1.807, 2.05) is 39.7 Å². The van der Waals surface area contributed by atoms with Crippen LogP contribution in [-0.2, 0) is 11.3 Å². The number of aromatic nitrogens is 5. The third-order valence-corrected chi connectivity index (χ3v) is 7.76. The minimum absolute atomic E-state index is 0.124. The van der Waals surface area contributed by atoms with Crippen LogP contribution in [0.15, 0.2) is 61.1 Å². The van der Waals surface area contributed by atoms with Gasteiger partial charge in [-0.25, -0.2) is 19.0 Å². The van der Waals surface area contributed by atoms with Crippen molar-refractivity contribution in [1.82, 2.24) is 29.6 Å². The Morgan fingerprint density at radius 1 is 1.15 bits per heavy atom. The molecule has 39 heavy (non-hydrogen) atoms. The first-order valence-electron chi connectivity index (χ1n) is 13.2. The molecule has 3 heterocycles. The van der Waals surface area contributed by atoms with Gasteiger partial charge in [0.2, 0.25) is 0 Å². The number of halogens is 1. The van der Waals surface area contributed by atoms with Gasteiger partial charge in [-0.1, -0.05) is 24.3 Å². The molecule has 10 heteroatoms. The Kier molecular flexibility index (Phi) is 6.48. The zero-order valence-corrected chi connectivity index (χ0v) is 21.6. The van der Waals surface area contributed by atoms with Crippen LogP contribution in [0.1, 0.15) is 44.2 Å². The van der Waals surface area contributed by atoms with Crippen molar-refractivity contribution >= 4 is 33.7 Å². The van der Waals surface area contributed by atoms with Gasteiger partial charge in [-0.2, -0.15) is 5.10 Å². The maximum atomic E-state index is 14.2. The summed E-state index contributed by atoms with van der Waals surface area (Å²) < 4.78 is 18.2. The fourth-order valence-corrected chi connectivity index (χ4v) is 5.66. The predicted molar refractivity (Wildman–Crippen MR) is 148 cm³/mol. The molecule has 2 aromatic carbocycles. The van der Waals surface area contributed by atoms with Crippen molar-refractivity contribution in [2.24, 2.45) is 0 Å². The molecule has 0 radical (unpaired) electrons. The van der Waals surface area contributed by atoms with Crippen LogP contribution >= 0.6 is 0 Å². The number of rotatable bonds is 7. The van der Waals surface area contributed by atoms with Gasteiger partial charge in [0, 0.05) is 34.3 Å². The molecule has 200 valence electrons. The molecule has 5 aromatic rings. The number of hydrogen-bond donors (Lipinski definition) is 3. The van der Waals surface area contributed by atoms with Crippen LogP contribution in [0.25, 0.3) is 33.2 Å². The van der Waals surface area contributed by atoms with E-state index in [-0.39, 0.29) is 17.9 Å². The van der Waals surface area contributed by atoms with Gasteiger partial charge in [0.25, 0.3) is 0 Å². The highest BCUT2D eigenvalue weighted by molar-refractivity contribution is 6.00. The topological polar surface area (TPSA) is 124 Å². The van der Waals surface area contributed by atoms with Crippen LogP contribution in [0.5, 0.6) is 0 Å². The summed E-state index contributed by atoms with van der Waals surface area (Å²) >= 11 is 0. The first kappa shape index (κ1) is 25.0. The Morgan fingerprint density at radius 3 is 2.72 bits per heavy atom. The lowest BCUT2D eigenvalue weighted by Gasteiger charge is -2.30. The normalized spacial score (nSPS) is 18.5. The third kappa shape index (κ3) is 4.72. The zero-order chi connectivity index (χ0) is 27.1. The van der Waals surface area contributed by atoms with E-state index in [2.05, 4.69) is 21.4 Å². The Labute approximate surface area is 224 Å². The summed E-state index contributed by atoms with van der Waals surface area (Å²) in [6.07, 6.45) is 6.83. The summed E-state index contributed by atoms with van der Waals surface area (Å²) in [7, 11) is 0. The molecule has 9 nitrogen and oxygen atoms in total. The van der Waals surface area contributed by atoms with E-state index < -0.39 is 12.0 Å². The largest absolute Gasteiger partial charge is 0.480 e. The van der Waals surface area contributed by atoms with E-state index in [9.17, 15) is 14.3 Å². The molecular formula is C29H30FN7O2. The highest BCUT2D eigenvalue weighted by Gasteiger charge is 2.28. The number of anilines is 1. The zero-order valence-electron chi connectivity index (χ0n) is 21.6. The average molecular weight is 528 g/mol. The minimum atomic E-state index is -0.841. The van der Waals surface area contributed by atoms with Crippen molar-refractivity contribution in [3.8, 4) is 11.3 Å². The van der Waals surface area contributed by atoms with E-state index in [4.69, 9.17) is 10.8 Å². The summed E-state index contributed by atoms with van der Waals surface area (Å²) in [6.45, 7) is 2.11. The predicted octanol–water partition coefficient (Wildman–Crippen LogP) is 4.76. The van der Waals surface area contributed by atoms with Gasteiger partial charge in [-0.05, 0) is 56.9 Å². The fourth-order valence-electron chi connectivity index (χ4n) is 5.66. The van der Waals surface area contributed by atoms with Gasteiger partial charge in [-0.3, -0.25) is 4.79 Å². The molecule has 1 atom stereocenters. The lowest BCUT2D eigenvalue weighted by Crippen LogP contribution is -2.43. The highest BCUT2D eigenvalue weighted by Crippen LogP contribution is 2.37. The van der Waals surface area contributed by atoms with Crippen molar-refractivity contribution in [2.45, 2.75) is 57.3 Å². The summed E-state index contributed by atoms with van der Waals surface area (Å²) in [5, 5.41) is 19.2. The van der Waals surface area contributed by atoms with Crippen LogP contribution in [0.4, 0.5) is 10.2 Å². The Morgan fingerprint density at radius 2 is 1.95 bits per heavy atom. The van der Waals surface area contributed by atoms with Gasteiger partial charge in [0.1, 0.15) is 29.7 Å². The average Bonchev–Trinajstić information content (AvgIpc) is 3.52. The highest BCUT2D eigenvalue weighted by atomic mass is 19.1. The van der Waals surface area contributed by atoms with Gasteiger partial charge >= 0.3 is 5.97 Å². The SMILES string of the molecule is CC(N[C@H]1CC[C@H](n2nc(-c3ccc4c(ccn4Cc4ccccc4F)c3)c3c(N)ncnc32)CC1)C(=O)O. The Bertz CT molecular complexity index is 1670. The van der Waals surface area contributed by atoms with Crippen LogP contribution in [0, 0.1) is 5.82 Å². The number of hydrogen-bond acceptors (Lipinski definition) is 6. The van der Waals surface area contributed by atoms with Crippen LogP contribution in [0.3, 0.4) is 0 Å². The van der Waals surface area contributed by atoms with Crippen molar-refractivity contribution in [3.05, 3.63) is 72.4 Å². The van der Waals surface area contributed by atoms with Crippen molar-refractivity contribution < 1.29 is 14.3 Å². The molecule has 1 aliphatic carbocycles. The molecule has 1 fully saturated rings. The number of carbonyl (C=O) groups is 1. The second-order valence-electron chi connectivity index (χ2n) is 10.3. The van der Waals surface area contributed by atoms with Gasteiger partial charge in [0.15, 0.2) is 5.65 Å². The monoisotopic (exact) mass is 527 g/mol. The molecule has 0 amide bonds. The van der Waals surface area contributed by atoms with Gasteiger partial charge in [-0.15, -0.1) is 0 Å². The van der Waals surface area contributed by atoms with Crippen molar-refractivity contribution in [2.75, 3.05) is 5.73 Å². The van der Waals surface area contributed by atoms with E-state index in [1.54, 1.807) is 19.1 Å². The first-order chi connectivity index (χ1) is 18.9. The Balaban J connectivity index is 1.31. The molecule has 0 aliphatic heterocycles. The molecule has 6 rings (SSSR count). The standard InChI is InChI=1S/C29H30FN7O2/c1-17(29(38)39)34-21-7-9-22(10-8-21)37-28-25(27(31)32-16-33-28)26(35-37)19-6-11-24-18(14-19)12-13-36(24)15-20-4-2-3-5-23(20)30/h2-6,11-14,16-17,21-22,34H,7-10,15H2,1H3,(H,38,39)(H2,31,32,33)/t17?,21-,22-. The summed E-state index contributed by atoms with van der Waals surface area (Å²) in [4.78, 5) is 20.0. The number of nitrogen functional groups attached to an aromatic ring is 1. The number of nitrogens with two attached hydrogens (primary N) is 1. The molecule has 0 saturated heterocycles. The van der Waals surface area contributed by atoms with E-state index >= 15 is 0 Å². The molecule has 0 bridgehead atoms. The number of carboxylic acids is 1. The number of carboxylic acid groups (broad SMARTS) is 1.